The highest BCUT2D eigenvalue weighted by molar-refractivity contribution is 7.15. The van der Waals surface area contributed by atoms with Gasteiger partial charge in [0.15, 0.2) is 0 Å². The highest BCUT2D eigenvalue weighted by atomic mass is 32.1. The fraction of sp³-hybridized carbons (Fsp3) is 0.393. The summed E-state index contributed by atoms with van der Waals surface area (Å²) in [5.74, 6) is 0.677. The van der Waals surface area contributed by atoms with Crippen LogP contribution in [0.25, 0.3) is 10.4 Å². The van der Waals surface area contributed by atoms with Crippen LogP contribution in [0.3, 0.4) is 0 Å². The first kappa shape index (κ1) is 23.1. The van der Waals surface area contributed by atoms with Crippen molar-refractivity contribution in [1.29, 1.82) is 0 Å². The van der Waals surface area contributed by atoms with Crippen molar-refractivity contribution in [2.24, 2.45) is 0 Å². The number of carbonyl (C=O) groups is 1. The molecule has 6 heteroatoms. The van der Waals surface area contributed by atoms with Gasteiger partial charge >= 0.3 is 0 Å². The molecular formula is C28H33N3O2S. The lowest BCUT2D eigenvalue weighted by atomic mass is 10.0. The van der Waals surface area contributed by atoms with Gasteiger partial charge in [-0.15, -0.1) is 11.3 Å². The highest BCUT2D eigenvalue weighted by Crippen LogP contribution is 2.31. The van der Waals surface area contributed by atoms with Gasteiger partial charge in [0.05, 0.1) is 6.04 Å². The number of hydrogen-bond donors (Lipinski definition) is 2. The van der Waals surface area contributed by atoms with Crippen LogP contribution in [0.2, 0.25) is 0 Å². The average Bonchev–Trinajstić information content (AvgIpc) is 3.50. The summed E-state index contributed by atoms with van der Waals surface area (Å²) in [7, 11) is 0. The third kappa shape index (κ3) is 5.35. The lowest BCUT2D eigenvalue weighted by Crippen LogP contribution is -2.50. The van der Waals surface area contributed by atoms with Crippen molar-refractivity contribution in [2.45, 2.75) is 45.4 Å². The number of carbonyl (C=O) groups excluding carboxylic acids is 1. The summed E-state index contributed by atoms with van der Waals surface area (Å²) in [6, 6.07) is 18.7. The smallest absolute Gasteiger partial charge is 0.252 e. The molecule has 2 aliphatic rings. The van der Waals surface area contributed by atoms with Gasteiger partial charge in [0, 0.05) is 35.0 Å². The van der Waals surface area contributed by atoms with Crippen LogP contribution < -0.4 is 15.4 Å². The van der Waals surface area contributed by atoms with Crippen LogP contribution in [0, 0.1) is 6.92 Å². The van der Waals surface area contributed by atoms with Crippen molar-refractivity contribution in [3.63, 3.8) is 0 Å². The van der Waals surface area contributed by atoms with E-state index >= 15 is 0 Å². The monoisotopic (exact) mass is 475 g/mol. The maximum absolute atomic E-state index is 13.1. The molecule has 2 aromatic carbocycles. The molecule has 3 heterocycles. The molecule has 2 fully saturated rings. The molecule has 0 aliphatic carbocycles. The molecule has 1 unspecified atom stereocenters. The molecule has 5 rings (SSSR count). The van der Waals surface area contributed by atoms with E-state index in [2.05, 4.69) is 51.9 Å². The first-order chi connectivity index (χ1) is 16.5. The Morgan fingerprint density at radius 1 is 1.15 bits per heavy atom. The van der Waals surface area contributed by atoms with Gasteiger partial charge in [-0.1, -0.05) is 24.3 Å². The minimum absolute atomic E-state index is 0.0726. The van der Waals surface area contributed by atoms with Crippen LogP contribution in [0.5, 0.6) is 5.75 Å². The predicted octanol–water partition coefficient (Wildman–Crippen LogP) is 5.16. The van der Waals surface area contributed by atoms with Gasteiger partial charge < -0.3 is 15.4 Å². The number of rotatable bonds is 8. The first-order valence-corrected chi connectivity index (χ1v) is 13.1. The maximum atomic E-state index is 13.1. The number of benzene rings is 2. The number of nitrogens with one attached hydrogen (secondary N) is 2. The van der Waals surface area contributed by atoms with E-state index in [1.165, 1.54) is 41.2 Å². The summed E-state index contributed by atoms with van der Waals surface area (Å²) in [4.78, 5) is 18.3. The zero-order valence-corrected chi connectivity index (χ0v) is 20.8. The average molecular weight is 476 g/mol. The molecule has 0 spiro atoms. The van der Waals surface area contributed by atoms with Gasteiger partial charge in [0.2, 0.25) is 0 Å². The molecule has 1 aromatic heterocycles. The van der Waals surface area contributed by atoms with Gasteiger partial charge in [0.25, 0.3) is 5.91 Å². The fourth-order valence-electron chi connectivity index (χ4n) is 4.56. The standard InChI is InChI=1S/C28H33N3O2S/c1-19-8-9-23(33-24-16-29-17-24)15-26(19)28(32)30-20(2)21-6-5-7-22(14-21)27-11-10-25(34-27)18-31-12-3-4-13-31/h5-11,14-15,20,24,29H,3-4,12-13,16-18H2,1-2H3,(H,30,32). The molecule has 2 saturated heterocycles. The summed E-state index contributed by atoms with van der Waals surface area (Å²) in [5, 5.41) is 6.39. The molecule has 0 radical (unpaired) electrons. The second-order valence-corrected chi connectivity index (χ2v) is 10.6. The second kappa shape index (κ2) is 10.3. The lowest BCUT2D eigenvalue weighted by Gasteiger charge is -2.28. The van der Waals surface area contributed by atoms with Crippen molar-refractivity contribution in [1.82, 2.24) is 15.5 Å². The molecule has 0 bridgehead atoms. The van der Waals surface area contributed by atoms with E-state index in [0.29, 0.717) is 5.56 Å². The molecule has 2 N–H and O–H groups in total. The number of likely N-dealkylation sites (tertiary alicyclic amines) is 1. The number of ether oxygens (including phenoxy) is 1. The molecule has 34 heavy (non-hydrogen) atoms. The third-order valence-electron chi connectivity index (χ3n) is 6.76. The van der Waals surface area contributed by atoms with Gasteiger partial charge in [-0.3, -0.25) is 9.69 Å². The third-order valence-corrected chi connectivity index (χ3v) is 7.88. The van der Waals surface area contributed by atoms with Gasteiger partial charge in [0.1, 0.15) is 11.9 Å². The van der Waals surface area contributed by atoms with Crippen LogP contribution >= 0.6 is 11.3 Å². The molecule has 1 atom stereocenters. The predicted molar refractivity (Wildman–Crippen MR) is 139 cm³/mol. The van der Waals surface area contributed by atoms with Crippen molar-refractivity contribution < 1.29 is 9.53 Å². The van der Waals surface area contributed by atoms with E-state index in [1.54, 1.807) is 0 Å². The van der Waals surface area contributed by atoms with Crippen molar-refractivity contribution in [2.75, 3.05) is 26.2 Å². The Hall–Kier alpha value is -2.67. The van der Waals surface area contributed by atoms with Crippen molar-refractivity contribution in [3.05, 3.63) is 76.2 Å². The van der Waals surface area contributed by atoms with Gasteiger partial charge in [-0.2, -0.15) is 0 Å². The number of amides is 1. The quantitative estimate of drug-likeness (QED) is 0.473. The van der Waals surface area contributed by atoms with Crippen LogP contribution in [0.15, 0.2) is 54.6 Å². The van der Waals surface area contributed by atoms with Crippen LogP contribution in [0.1, 0.15) is 52.2 Å². The second-order valence-electron chi connectivity index (χ2n) is 9.44. The molecule has 3 aromatic rings. The summed E-state index contributed by atoms with van der Waals surface area (Å²) >= 11 is 1.87. The summed E-state index contributed by atoms with van der Waals surface area (Å²) in [6.45, 7) is 9.19. The molecule has 0 saturated carbocycles. The van der Waals surface area contributed by atoms with Gasteiger partial charge in [-0.05, 0) is 86.8 Å². The SMILES string of the molecule is Cc1ccc(OC2CNC2)cc1C(=O)NC(C)c1cccc(-c2ccc(CN3CCCC3)s2)c1. The normalized spacial score (nSPS) is 17.4. The van der Waals surface area contributed by atoms with Crippen LogP contribution in [0.4, 0.5) is 0 Å². The molecule has 2 aliphatic heterocycles. The Kier molecular flexibility index (Phi) is 6.99. The molecule has 178 valence electrons. The van der Waals surface area contributed by atoms with E-state index < -0.39 is 0 Å². The Morgan fingerprint density at radius 2 is 1.97 bits per heavy atom. The van der Waals surface area contributed by atoms with E-state index in [-0.39, 0.29) is 18.1 Å². The number of hydrogen-bond acceptors (Lipinski definition) is 5. The van der Waals surface area contributed by atoms with E-state index in [0.717, 1.165) is 36.5 Å². The zero-order valence-electron chi connectivity index (χ0n) is 20.0. The number of thiophene rings is 1. The van der Waals surface area contributed by atoms with E-state index in [1.807, 2.05) is 43.4 Å². The Bertz CT molecular complexity index is 1150. The van der Waals surface area contributed by atoms with Crippen LogP contribution in [-0.4, -0.2) is 43.1 Å². The summed E-state index contributed by atoms with van der Waals surface area (Å²) in [5.41, 5.74) is 3.92. The maximum Gasteiger partial charge on any atom is 0.252 e. The zero-order chi connectivity index (χ0) is 23.5. The number of nitrogens with zero attached hydrogens (tertiary/aromatic N) is 1. The van der Waals surface area contributed by atoms with Gasteiger partial charge in [-0.25, -0.2) is 0 Å². The Labute approximate surface area is 206 Å². The molecule has 1 amide bonds. The number of aryl methyl sites for hydroxylation is 1. The Balaban J connectivity index is 1.26. The van der Waals surface area contributed by atoms with E-state index in [9.17, 15) is 4.79 Å². The lowest BCUT2D eigenvalue weighted by molar-refractivity contribution is 0.0937. The summed E-state index contributed by atoms with van der Waals surface area (Å²) < 4.78 is 5.95. The first-order valence-electron chi connectivity index (χ1n) is 12.3. The van der Waals surface area contributed by atoms with Crippen molar-refractivity contribution >= 4 is 17.2 Å². The van der Waals surface area contributed by atoms with Crippen molar-refractivity contribution in [3.8, 4) is 16.2 Å². The molecule has 5 nitrogen and oxygen atoms in total. The Morgan fingerprint density at radius 3 is 2.74 bits per heavy atom. The fourth-order valence-corrected chi connectivity index (χ4v) is 5.60. The van der Waals surface area contributed by atoms with Crippen LogP contribution in [-0.2, 0) is 6.54 Å². The molecular weight excluding hydrogens is 442 g/mol. The minimum atomic E-state index is -0.101. The highest BCUT2D eigenvalue weighted by Gasteiger charge is 2.20. The van der Waals surface area contributed by atoms with E-state index in [4.69, 9.17) is 4.74 Å². The topological polar surface area (TPSA) is 53.6 Å². The minimum Gasteiger partial charge on any atom is -0.488 e. The summed E-state index contributed by atoms with van der Waals surface area (Å²) in [6.07, 6.45) is 2.82. The largest absolute Gasteiger partial charge is 0.488 e.